The first-order chi connectivity index (χ1) is 12.1. The molecular formula is C17H33NO7SSi. The number of carbonyl (C=O) groups excluding carboxylic acids is 1. The van der Waals surface area contributed by atoms with Gasteiger partial charge >= 0.3 is 11.9 Å². The molecule has 158 valence electrons. The molecule has 1 N–H and O–H groups in total. The first-order valence-electron chi connectivity index (χ1n) is 9.04. The highest BCUT2D eigenvalue weighted by Gasteiger charge is 2.59. The maximum Gasteiger partial charge on any atom is 0.312 e. The molecule has 27 heavy (non-hydrogen) atoms. The number of methoxy groups -OCH3 is 1. The number of ether oxygens (including phenoxy) is 1. The zero-order valence-corrected chi connectivity index (χ0v) is 19.2. The van der Waals surface area contributed by atoms with Crippen molar-refractivity contribution in [2.45, 2.75) is 64.7 Å². The van der Waals surface area contributed by atoms with Gasteiger partial charge in [-0.25, -0.2) is 8.42 Å². The minimum Gasteiger partial charge on any atom is -0.481 e. The van der Waals surface area contributed by atoms with Crippen LogP contribution in [-0.2, 0) is 28.8 Å². The minimum absolute atomic E-state index is 0.0207. The maximum atomic E-state index is 12.6. The van der Waals surface area contributed by atoms with Crippen LogP contribution < -0.4 is 0 Å². The molecule has 0 aliphatic carbocycles. The largest absolute Gasteiger partial charge is 0.481 e. The van der Waals surface area contributed by atoms with Gasteiger partial charge in [0, 0.05) is 25.6 Å². The van der Waals surface area contributed by atoms with Crippen molar-refractivity contribution in [1.82, 2.24) is 4.31 Å². The summed E-state index contributed by atoms with van der Waals surface area (Å²) in [4.78, 5) is 23.1. The fourth-order valence-electron chi connectivity index (χ4n) is 2.85. The van der Waals surface area contributed by atoms with Crippen LogP contribution in [0.3, 0.4) is 0 Å². The van der Waals surface area contributed by atoms with E-state index >= 15 is 0 Å². The molecule has 2 unspecified atom stereocenters. The van der Waals surface area contributed by atoms with Crippen LogP contribution in [0.15, 0.2) is 0 Å². The summed E-state index contributed by atoms with van der Waals surface area (Å²) in [7, 11) is -4.46. The number of sulfonamides is 1. The maximum absolute atomic E-state index is 12.6. The molecular weight excluding hydrogens is 390 g/mol. The van der Waals surface area contributed by atoms with Crippen molar-refractivity contribution in [3.63, 3.8) is 0 Å². The molecule has 0 aromatic rings. The highest BCUT2D eigenvalue weighted by atomic mass is 32.2. The van der Waals surface area contributed by atoms with E-state index in [0.717, 1.165) is 0 Å². The van der Waals surface area contributed by atoms with E-state index in [1.807, 2.05) is 13.1 Å². The predicted molar refractivity (Wildman–Crippen MR) is 104 cm³/mol. The number of carboxylic acid groups (broad SMARTS) is 1. The molecule has 1 rings (SSSR count). The average molecular weight is 424 g/mol. The van der Waals surface area contributed by atoms with Crippen molar-refractivity contribution in [2.75, 3.05) is 26.0 Å². The third kappa shape index (κ3) is 5.10. The molecule has 1 heterocycles. The van der Waals surface area contributed by atoms with Gasteiger partial charge in [-0.3, -0.25) is 9.59 Å². The molecule has 10 heteroatoms. The van der Waals surface area contributed by atoms with E-state index in [9.17, 15) is 23.1 Å². The highest BCUT2D eigenvalue weighted by molar-refractivity contribution is 7.89. The highest BCUT2D eigenvalue weighted by Crippen LogP contribution is 2.44. The molecule has 0 saturated carbocycles. The molecule has 0 amide bonds. The van der Waals surface area contributed by atoms with Crippen molar-refractivity contribution in [3.05, 3.63) is 0 Å². The van der Waals surface area contributed by atoms with Crippen molar-refractivity contribution in [1.29, 1.82) is 0 Å². The van der Waals surface area contributed by atoms with Crippen molar-refractivity contribution < 1.29 is 32.3 Å². The molecule has 8 nitrogen and oxygen atoms in total. The Labute approximate surface area is 163 Å². The number of nitrogens with zero attached hydrogens (tertiary/aromatic N) is 1. The number of esters is 1. The summed E-state index contributed by atoms with van der Waals surface area (Å²) in [6.45, 7) is 11.9. The summed E-state index contributed by atoms with van der Waals surface area (Å²) >= 11 is 0. The van der Waals surface area contributed by atoms with E-state index in [4.69, 9.17) is 4.43 Å². The molecule has 2 atom stereocenters. The SMILES string of the molecule is COC(=O)CCC1(C(=O)O)CN(S(=O)(=O)CCO[Si](C)(C)C(C)(C)C)C1C. The fourth-order valence-corrected chi connectivity index (χ4v) is 5.69. The topological polar surface area (TPSA) is 110 Å². The summed E-state index contributed by atoms with van der Waals surface area (Å²) in [5.41, 5.74) is -1.26. The van der Waals surface area contributed by atoms with E-state index in [2.05, 4.69) is 25.5 Å². The minimum atomic E-state index is -3.64. The monoisotopic (exact) mass is 423 g/mol. The second-order valence-electron chi connectivity index (χ2n) is 8.68. The van der Waals surface area contributed by atoms with Crippen LogP contribution in [0.2, 0.25) is 18.1 Å². The van der Waals surface area contributed by atoms with Crippen molar-refractivity contribution in [2.24, 2.45) is 5.41 Å². The third-order valence-electron chi connectivity index (χ3n) is 6.07. The van der Waals surface area contributed by atoms with Gasteiger partial charge in [0.15, 0.2) is 8.32 Å². The van der Waals surface area contributed by atoms with Crippen molar-refractivity contribution in [3.8, 4) is 0 Å². The summed E-state index contributed by atoms with van der Waals surface area (Å²) in [5, 5.41) is 9.58. The van der Waals surface area contributed by atoms with E-state index in [1.165, 1.54) is 11.4 Å². The number of hydrogen-bond acceptors (Lipinski definition) is 6. The molecule has 0 bridgehead atoms. The number of carboxylic acids is 1. The van der Waals surface area contributed by atoms with Gasteiger partial charge in [0.05, 0.1) is 18.3 Å². The number of rotatable bonds is 9. The molecule has 1 aliphatic rings. The van der Waals surface area contributed by atoms with Crippen molar-refractivity contribution >= 4 is 30.3 Å². The van der Waals surface area contributed by atoms with Crippen LogP contribution in [0.25, 0.3) is 0 Å². The van der Waals surface area contributed by atoms with Crippen LogP contribution >= 0.6 is 0 Å². The van der Waals surface area contributed by atoms with Crippen LogP contribution in [0.5, 0.6) is 0 Å². The quantitative estimate of drug-likeness (QED) is 0.446. The van der Waals surface area contributed by atoms with Gasteiger partial charge in [-0.2, -0.15) is 4.31 Å². The lowest BCUT2D eigenvalue weighted by Crippen LogP contribution is -2.68. The molecule has 1 saturated heterocycles. The normalized spacial score (nSPS) is 24.3. The van der Waals surface area contributed by atoms with Crippen LogP contribution in [0.1, 0.15) is 40.5 Å². The van der Waals surface area contributed by atoms with Gasteiger partial charge in [-0.15, -0.1) is 0 Å². The number of carbonyl (C=O) groups is 2. The smallest absolute Gasteiger partial charge is 0.312 e. The lowest BCUT2D eigenvalue weighted by Gasteiger charge is -2.52. The summed E-state index contributed by atoms with van der Waals surface area (Å²) < 4.78 is 37.0. The van der Waals surface area contributed by atoms with Crippen LogP contribution in [0.4, 0.5) is 0 Å². The Morgan fingerprint density at radius 1 is 1.30 bits per heavy atom. The Morgan fingerprint density at radius 3 is 2.26 bits per heavy atom. The second-order valence-corrected chi connectivity index (χ2v) is 15.5. The zero-order valence-electron chi connectivity index (χ0n) is 17.4. The van der Waals surface area contributed by atoms with Gasteiger partial charge in [0.2, 0.25) is 10.0 Å². The van der Waals surface area contributed by atoms with Gasteiger partial charge in [0.1, 0.15) is 0 Å². The first-order valence-corrected chi connectivity index (χ1v) is 13.6. The number of aliphatic carboxylic acids is 1. The molecule has 1 aliphatic heterocycles. The lowest BCUT2D eigenvalue weighted by atomic mass is 9.71. The van der Waals surface area contributed by atoms with Gasteiger partial charge in [-0.1, -0.05) is 20.8 Å². The lowest BCUT2D eigenvalue weighted by molar-refractivity contribution is -0.164. The van der Waals surface area contributed by atoms with Gasteiger partial charge in [-0.05, 0) is 31.5 Å². The molecule has 0 radical (unpaired) electrons. The van der Waals surface area contributed by atoms with E-state index in [0.29, 0.717) is 0 Å². The molecule has 0 aromatic heterocycles. The van der Waals surface area contributed by atoms with E-state index in [1.54, 1.807) is 6.92 Å². The Morgan fingerprint density at radius 2 is 1.85 bits per heavy atom. The fraction of sp³-hybridized carbons (Fsp3) is 0.882. The Bertz CT molecular complexity index is 671. The van der Waals surface area contributed by atoms with E-state index < -0.39 is 41.7 Å². The second kappa shape index (κ2) is 8.18. The third-order valence-corrected chi connectivity index (χ3v) is 12.4. The zero-order chi connectivity index (χ0) is 21.3. The predicted octanol–water partition coefficient (Wildman–Crippen LogP) is 2.07. The van der Waals surface area contributed by atoms with Crippen LogP contribution in [0, 0.1) is 5.41 Å². The number of hydrogen-bond donors (Lipinski definition) is 1. The Hall–Kier alpha value is -0.973. The Kier molecular flexibility index (Phi) is 7.29. The van der Waals surface area contributed by atoms with Crippen LogP contribution in [-0.4, -0.2) is 70.1 Å². The average Bonchev–Trinajstić information content (AvgIpc) is 2.51. The van der Waals surface area contributed by atoms with E-state index in [-0.39, 0.29) is 36.8 Å². The van der Waals surface area contributed by atoms with Gasteiger partial charge in [0.25, 0.3) is 0 Å². The molecule has 1 fully saturated rings. The van der Waals surface area contributed by atoms with Gasteiger partial charge < -0.3 is 14.3 Å². The first kappa shape index (κ1) is 24.1. The Balaban J connectivity index is 2.75. The summed E-state index contributed by atoms with van der Waals surface area (Å²) in [5.74, 6) is -1.79. The summed E-state index contributed by atoms with van der Waals surface area (Å²) in [6, 6.07) is -0.725. The summed E-state index contributed by atoms with van der Waals surface area (Å²) in [6.07, 6.45) is -0.0157. The molecule has 0 aromatic carbocycles. The molecule has 0 spiro atoms. The standard InChI is InChI=1S/C17H33NO7SSi/c1-13-17(15(20)21,9-8-14(19)24-5)12-18(13)26(22,23)11-10-25-27(6,7)16(2,3)4/h13H,8-12H2,1-7H3,(H,20,21).